The SMILES string of the molecule is CNCCC1CCN(C(=O)c2ccc(N(C)CC(C)C)cc2)CC1. The second-order valence-electron chi connectivity index (χ2n) is 7.45. The first-order chi connectivity index (χ1) is 11.5. The lowest BCUT2D eigenvalue weighted by Crippen LogP contribution is -2.39. The molecule has 1 aliphatic rings. The van der Waals surface area contributed by atoms with Gasteiger partial charge in [-0.2, -0.15) is 0 Å². The molecule has 0 unspecified atom stereocenters. The molecule has 0 atom stereocenters. The van der Waals surface area contributed by atoms with Gasteiger partial charge in [-0.1, -0.05) is 13.8 Å². The maximum atomic E-state index is 12.7. The predicted octanol–water partition coefficient (Wildman–Crippen LogP) is 3.24. The molecule has 1 aromatic rings. The van der Waals surface area contributed by atoms with E-state index in [-0.39, 0.29) is 5.91 Å². The summed E-state index contributed by atoms with van der Waals surface area (Å²) in [7, 11) is 4.10. The summed E-state index contributed by atoms with van der Waals surface area (Å²) in [4.78, 5) is 16.9. The topological polar surface area (TPSA) is 35.6 Å². The van der Waals surface area contributed by atoms with Crippen LogP contribution in [0, 0.1) is 11.8 Å². The summed E-state index contributed by atoms with van der Waals surface area (Å²) in [5.74, 6) is 1.56. The second-order valence-corrected chi connectivity index (χ2v) is 7.45. The fraction of sp³-hybridized carbons (Fsp3) is 0.650. The van der Waals surface area contributed by atoms with Crippen molar-refractivity contribution in [2.75, 3.05) is 45.2 Å². The van der Waals surface area contributed by atoms with Crippen LogP contribution in [0.2, 0.25) is 0 Å². The average molecular weight is 332 g/mol. The average Bonchev–Trinajstić information content (AvgIpc) is 2.59. The molecule has 4 heteroatoms. The van der Waals surface area contributed by atoms with Crippen molar-refractivity contribution in [1.29, 1.82) is 0 Å². The summed E-state index contributed by atoms with van der Waals surface area (Å²) in [6.07, 6.45) is 3.47. The van der Waals surface area contributed by atoms with Crippen molar-refractivity contribution >= 4 is 11.6 Å². The van der Waals surface area contributed by atoms with Gasteiger partial charge in [-0.25, -0.2) is 0 Å². The molecule has 2 rings (SSSR count). The number of anilines is 1. The summed E-state index contributed by atoms with van der Waals surface area (Å²) >= 11 is 0. The van der Waals surface area contributed by atoms with Crippen LogP contribution in [0.1, 0.15) is 43.5 Å². The summed E-state index contributed by atoms with van der Waals surface area (Å²) in [6, 6.07) is 8.08. The molecule has 1 aliphatic heterocycles. The van der Waals surface area contributed by atoms with Crippen LogP contribution in [-0.2, 0) is 0 Å². The molecule has 1 aromatic carbocycles. The molecule has 0 aliphatic carbocycles. The first-order valence-corrected chi connectivity index (χ1v) is 9.26. The van der Waals surface area contributed by atoms with E-state index in [1.54, 1.807) is 0 Å². The Hall–Kier alpha value is -1.55. The van der Waals surface area contributed by atoms with Gasteiger partial charge in [0.1, 0.15) is 0 Å². The Morgan fingerprint density at radius 3 is 2.42 bits per heavy atom. The standard InChI is InChI=1S/C20H33N3O/c1-16(2)15-22(4)19-7-5-18(6-8-19)20(24)23-13-10-17(11-14-23)9-12-21-3/h5-8,16-17,21H,9-15H2,1-4H3. The van der Waals surface area contributed by atoms with Gasteiger partial charge in [-0.3, -0.25) is 4.79 Å². The lowest BCUT2D eigenvalue weighted by Gasteiger charge is -2.32. The van der Waals surface area contributed by atoms with E-state index in [0.29, 0.717) is 5.92 Å². The molecular formula is C20H33N3O. The highest BCUT2D eigenvalue weighted by molar-refractivity contribution is 5.94. The third-order valence-corrected chi connectivity index (χ3v) is 4.90. The number of rotatable bonds is 7. The number of benzene rings is 1. The third-order valence-electron chi connectivity index (χ3n) is 4.90. The molecule has 0 saturated carbocycles. The largest absolute Gasteiger partial charge is 0.374 e. The number of carbonyl (C=O) groups is 1. The Balaban J connectivity index is 1.89. The van der Waals surface area contributed by atoms with E-state index in [1.807, 2.05) is 24.1 Å². The van der Waals surface area contributed by atoms with E-state index in [4.69, 9.17) is 0 Å². The molecule has 0 bridgehead atoms. The fourth-order valence-electron chi connectivity index (χ4n) is 3.47. The van der Waals surface area contributed by atoms with Gasteiger partial charge >= 0.3 is 0 Å². The molecule has 1 fully saturated rings. The maximum absolute atomic E-state index is 12.7. The predicted molar refractivity (Wildman–Crippen MR) is 102 cm³/mol. The second kappa shape index (κ2) is 9.07. The van der Waals surface area contributed by atoms with E-state index in [2.05, 4.69) is 43.2 Å². The van der Waals surface area contributed by atoms with Gasteiger partial charge in [0.2, 0.25) is 0 Å². The molecule has 1 amide bonds. The highest BCUT2D eigenvalue weighted by Gasteiger charge is 2.23. The van der Waals surface area contributed by atoms with Crippen LogP contribution in [-0.4, -0.2) is 51.1 Å². The zero-order chi connectivity index (χ0) is 17.5. The van der Waals surface area contributed by atoms with Crippen molar-refractivity contribution in [2.45, 2.75) is 33.1 Å². The minimum absolute atomic E-state index is 0.181. The summed E-state index contributed by atoms with van der Waals surface area (Å²) in [5, 5.41) is 3.22. The Kier molecular flexibility index (Phi) is 7.10. The Morgan fingerprint density at radius 1 is 1.25 bits per heavy atom. The first-order valence-electron chi connectivity index (χ1n) is 9.26. The molecule has 4 nitrogen and oxygen atoms in total. The summed E-state index contributed by atoms with van der Waals surface area (Å²) in [5.41, 5.74) is 1.98. The van der Waals surface area contributed by atoms with Gasteiger partial charge in [-0.05, 0) is 69.0 Å². The minimum Gasteiger partial charge on any atom is -0.374 e. The molecular weight excluding hydrogens is 298 g/mol. The quantitative estimate of drug-likeness (QED) is 0.833. The van der Waals surface area contributed by atoms with Crippen molar-refractivity contribution in [2.24, 2.45) is 11.8 Å². The van der Waals surface area contributed by atoms with E-state index in [9.17, 15) is 4.79 Å². The zero-order valence-corrected chi connectivity index (χ0v) is 15.7. The molecule has 0 radical (unpaired) electrons. The highest BCUT2D eigenvalue weighted by atomic mass is 16.2. The maximum Gasteiger partial charge on any atom is 0.253 e. The Labute approximate surface area is 147 Å². The smallest absolute Gasteiger partial charge is 0.253 e. The Bertz CT molecular complexity index is 504. The van der Waals surface area contributed by atoms with Crippen LogP contribution in [0.3, 0.4) is 0 Å². The number of likely N-dealkylation sites (tertiary alicyclic amines) is 1. The Morgan fingerprint density at radius 2 is 1.88 bits per heavy atom. The highest BCUT2D eigenvalue weighted by Crippen LogP contribution is 2.22. The van der Waals surface area contributed by atoms with Crippen molar-refractivity contribution < 1.29 is 4.79 Å². The lowest BCUT2D eigenvalue weighted by atomic mass is 9.93. The van der Waals surface area contributed by atoms with Crippen molar-refractivity contribution in [3.63, 3.8) is 0 Å². The van der Waals surface area contributed by atoms with Crippen LogP contribution in [0.25, 0.3) is 0 Å². The lowest BCUT2D eigenvalue weighted by molar-refractivity contribution is 0.0687. The van der Waals surface area contributed by atoms with Gasteiger partial charge in [0.25, 0.3) is 5.91 Å². The van der Waals surface area contributed by atoms with Crippen molar-refractivity contribution in [3.8, 4) is 0 Å². The van der Waals surface area contributed by atoms with Crippen molar-refractivity contribution in [3.05, 3.63) is 29.8 Å². The number of nitrogens with zero attached hydrogens (tertiary/aromatic N) is 2. The van der Waals surface area contributed by atoms with Crippen LogP contribution in [0.5, 0.6) is 0 Å². The van der Waals surface area contributed by atoms with E-state index < -0.39 is 0 Å². The molecule has 134 valence electrons. The molecule has 1 N–H and O–H groups in total. The molecule has 24 heavy (non-hydrogen) atoms. The normalized spacial score (nSPS) is 15.8. The number of hydrogen-bond acceptors (Lipinski definition) is 3. The van der Waals surface area contributed by atoms with Crippen molar-refractivity contribution in [1.82, 2.24) is 10.2 Å². The van der Waals surface area contributed by atoms with Gasteiger partial charge in [0.15, 0.2) is 0 Å². The van der Waals surface area contributed by atoms with Crippen LogP contribution in [0.4, 0.5) is 5.69 Å². The number of piperidine rings is 1. The molecule has 1 saturated heterocycles. The third kappa shape index (κ3) is 5.23. The van der Waals surface area contributed by atoms with Gasteiger partial charge < -0.3 is 15.1 Å². The first kappa shape index (κ1) is 18.8. The van der Waals surface area contributed by atoms with E-state index >= 15 is 0 Å². The van der Waals surface area contributed by atoms with Crippen LogP contribution >= 0.6 is 0 Å². The van der Waals surface area contributed by atoms with Crippen LogP contribution in [0.15, 0.2) is 24.3 Å². The number of hydrogen-bond donors (Lipinski definition) is 1. The molecule has 1 heterocycles. The monoisotopic (exact) mass is 331 g/mol. The van der Waals surface area contributed by atoms with Gasteiger partial charge in [0.05, 0.1) is 0 Å². The van der Waals surface area contributed by atoms with Gasteiger partial charge in [-0.15, -0.1) is 0 Å². The number of nitrogens with one attached hydrogen (secondary N) is 1. The fourth-order valence-corrected chi connectivity index (χ4v) is 3.47. The van der Waals surface area contributed by atoms with E-state index in [1.165, 1.54) is 12.1 Å². The van der Waals surface area contributed by atoms with Crippen LogP contribution < -0.4 is 10.2 Å². The summed E-state index contributed by atoms with van der Waals surface area (Å²) < 4.78 is 0. The molecule has 0 aromatic heterocycles. The number of carbonyl (C=O) groups excluding carboxylic acids is 1. The molecule has 0 spiro atoms. The van der Waals surface area contributed by atoms with E-state index in [0.717, 1.165) is 50.5 Å². The zero-order valence-electron chi connectivity index (χ0n) is 15.7. The minimum atomic E-state index is 0.181. The number of amides is 1. The summed E-state index contributed by atoms with van der Waals surface area (Å²) in [6.45, 7) is 8.31. The van der Waals surface area contributed by atoms with Gasteiger partial charge in [0, 0.05) is 37.9 Å².